The summed E-state index contributed by atoms with van der Waals surface area (Å²) in [6.45, 7) is 2.95. The Morgan fingerprint density at radius 1 is 1.53 bits per heavy atom. The smallest absolute Gasteiger partial charge is 0.128 e. The van der Waals surface area contributed by atoms with Crippen LogP contribution in [0.5, 0.6) is 0 Å². The van der Waals surface area contributed by atoms with Crippen LogP contribution in [0.4, 0.5) is 4.39 Å². The fraction of sp³-hybridized carbons (Fsp3) is 0.429. The number of hydrogen-bond donors (Lipinski definition) is 1. The number of hydrogen-bond acceptors (Lipinski definition) is 1. The van der Waals surface area contributed by atoms with Gasteiger partial charge in [0.15, 0.2) is 0 Å². The molecule has 1 aromatic rings. The summed E-state index contributed by atoms with van der Waals surface area (Å²) < 4.78 is 14.6. The van der Waals surface area contributed by atoms with Crippen molar-refractivity contribution < 1.29 is 4.39 Å². The van der Waals surface area contributed by atoms with E-state index in [1.54, 1.807) is 6.07 Å². The van der Waals surface area contributed by atoms with Crippen LogP contribution >= 0.6 is 15.9 Å². The molecule has 0 radical (unpaired) electrons. The van der Waals surface area contributed by atoms with Crippen LogP contribution in [0.25, 0.3) is 0 Å². The summed E-state index contributed by atoms with van der Waals surface area (Å²) in [5, 5.41) is 3.33. The monoisotopic (exact) mass is 297 g/mol. The van der Waals surface area contributed by atoms with Crippen LogP contribution < -0.4 is 5.32 Å². The number of nitrogens with one attached hydrogen (secondary N) is 1. The van der Waals surface area contributed by atoms with Crippen LogP contribution in [0.1, 0.15) is 37.8 Å². The first-order valence-electron chi connectivity index (χ1n) is 5.80. The molecule has 3 heteroatoms. The molecule has 1 aromatic carbocycles. The van der Waals surface area contributed by atoms with Gasteiger partial charge in [-0.05, 0) is 37.6 Å². The Morgan fingerprint density at radius 2 is 2.29 bits per heavy atom. The van der Waals surface area contributed by atoms with Gasteiger partial charge in [-0.2, -0.15) is 0 Å². The molecule has 1 unspecified atom stereocenters. The van der Waals surface area contributed by atoms with E-state index in [9.17, 15) is 4.39 Å². The molecule has 0 aromatic heterocycles. The van der Waals surface area contributed by atoms with Gasteiger partial charge in [-0.15, -0.1) is 12.3 Å². The summed E-state index contributed by atoms with van der Waals surface area (Å²) in [7, 11) is 0. The van der Waals surface area contributed by atoms with Crippen molar-refractivity contribution in [2.75, 3.05) is 6.54 Å². The number of halogens is 2. The second-order valence-electron chi connectivity index (χ2n) is 3.92. The fourth-order valence-electron chi connectivity index (χ4n) is 1.70. The Labute approximate surface area is 111 Å². The van der Waals surface area contributed by atoms with Crippen molar-refractivity contribution in [3.8, 4) is 12.3 Å². The summed E-state index contributed by atoms with van der Waals surface area (Å²) >= 11 is 3.37. The molecule has 1 N–H and O–H groups in total. The van der Waals surface area contributed by atoms with Crippen LogP contribution in [-0.2, 0) is 0 Å². The van der Waals surface area contributed by atoms with Gasteiger partial charge in [0.1, 0.15) is 5.82 Å². The van der Waals surface area contributed by atoms with Gasteiger partial charge in [0.25, 0.3) is 0 Å². The Kier molecular flexibility index (Phi) is 6.25. The first-order valence-corrected chi connectivity index (χ1v) is 6.60. The summed E-state index contributed by atoms with van der Waals surface area (Å²) in [6, 6.07) is 5.00. The van der Waals surface area contributed by atoms with Crippen molar-refractivity contribution in [2.45, 2.75) is 32.2 Å². The molecule has 0 bridgehead atoms. The Balaban J connectivity index is 2.86. The zero-order chi connectivity index (χ0) is 12.7. The highest BCUT2D eigenvalue weighted by Gasteiger charge is 2.14. The quantitative estimate of drug-likeness (QED) is 0.782. The molecule has 0 aliphatic heterocycles. The molecule has 0 amide bonds. The van der Waals surface area contributed by atoms with Crippen LogP contribution in [0.15, 0.2) is 22.7 Å². The van der Waals surface area contributed by atoms with Crippen LogP contribution in [0, 0.1) is 18.2 Å². The van der Waals surface area contributed by atoms with Crippen molar-refractivity contribution >= 4 is 15.9 Å². The standard InChI is InChI=1S/C14H17BrFN/c1-3-5-6-14(17-9-4-2)12-10-11(15)7-8-13(12)16/h1,7-8,10,14,17H,4-6,9H2,2H3. The summed E-state index contributed by atoms with van der Waals surface area (Å²) in [5.41, 5.74) is 0.683. The van der Waals surface area contributed by atoms with Gasteiger partial charge in [-0.3, -0.25) is 0 Å². The molecule has 1 nitrogen and oxygen atoms in total. The molecule has 17 heavy (non-hydrogen) atoms. The molecule has 0 heterocycles. The predicted octanol–water partition coefficient (Wildman–Crippen LogP) is 4.04. The predicted molar refractivity (Wildman–Crippen MR) is 73.2 cm³/mol. The van der Waals surface area contributed by atoms with E-state index in [4.69, 9.17) is 6.42 Å². The van der Waals surface area contributed by atoms with E-state index in [1.807, 2.05) is 6.07 Å². The van der Waals surface area contributed by atoms with Crippen molar-refractivity contribution in [3.63, 3.8) is 0 Å². The highest BCUT2D eigenvalue weighted by molar-refractivity contribution is 9.10. The summed E-state index contributed by atoms with van der Waals surface area (Å²) in [5.74, 6) is 2.42. The molecule has 1 atom stereocenters. The van der Waals surface area contributed by atoms with E-state index in [-0.39, 0.29) is 11.9 Å². The van der Waals surface area contributed by atoms with E-state index in [2.05, 4.69) is 34.1 Å². The molecule has 92 valence electrons. The van der Waals surface area contributed by atoms with Gasteiger partial charge in [0.2, 0.25) is 0 Å². The lowest BCUT2D eigenvalue weighted by Crippen LogP contribution is -2.23. The van der Waals surface area contributed by atoms with Gasteiger partial charge in [-0.1, -0.05) is 22.9 Å². The average Bonchev–Trinajstić information content (AvgIpc) is 2.33. The lowest BCUT2D eigenvalue weighted by Gasteiger charge is -2.19. The highest BCUT2D eigenvalue weighted by Crippen LogP contribution is 2.24. The Bertz CT molecular complexity index is 398. The highest BCUT2D eigenvalue weighted by atomic mass is 79.9. The third-order valence-corrected chi connectivity index (χ3v) is 3.04. The maximum absolute atomic E-state index is 13.8. The maximum Gasteiger partial charge on any atom is 0.128 e. The normalized spacial score (nSPS) is 12.1. The van der Waals surface area contributed by atoms with Gasteiger partial charge in [0.05, 0.1) is 0 Å². The minimum atomic E-state index is -0.182. The molecule has 0 fully saturated rings. The molecular formula is C14H17BrFN. The van der Waals surface area contributed by atoms with Crippen LogP contribution in [0.2, 0.25) is 0 Å². The lowest BCUT2D eigenvalue weighted by atomic mass is 10.0. The summed E-state index contributed by atoms with van der Waals surface area (Å²) in [4.78, 5) is 0. The van der Waals surface area contributed by atoms with Crippen LogP contribution in [0.3, 0.4) is 0 Å². The first kappa shape index (κ1) is 14.2. The van der Waals surface area contributed by atoms with Crippen LogP contribution in [-0.4, -0.2) is 6.54 Å². The van der Waals surface area contributed by atoms with Crippen molar-refractivity contribution in [1.82, 2.24) is 5.32 Å². The largest absolute Gasteiger partial charge is 0.310 e. The zero-order valence-corrected chi connectivity index (χ0v) is 11.6. The number of benzene rings is 1. The first-order chi connectivity index (χ1) is 8.19. The lowest BCUT2D eigenvalue weighted by molar-refractivity contribution is 0.478. The minimum Gasteiger partial charge on any atom is -0.310 e. The molecule has 0 aliphatic rings. The topological polar surface area (TPSA) is 12.0 Å². The number of terminal acetylenes is 1. The molecule has 0 spiro atoms. The maximum atomic E-state index is 13.8. The number of rotatable bonds is 6. The molecule has 0 saturated heterocycles. The molecule has 1 rings (SSSR count). The van der Waals surface area contributed by atoms with Crippen molar-refractivity contribution in [3.05, 3.63) is 34.1 Å². The van der Waals surface area contributed by atoms with Gasteiger partial charge in [-0.25, -0.2) is 4.39 Å². The average molecular weight is 298 g/mol. The molecule has 0 saturated carbocycles. The van der Waals surface area contributed by atoms with E-state index in [1.165, 1.54) is 6.07 Å². The second-order valence-corrected chi connectivity index (χ2v) is 4.83. The van der Waals surface area contributed by atoms with Gasteiger partial charge in [0, 0.05) is 22.5 Å². The second kappa shape index (κ2) is 7.47. The van der Waals surface area contributed by atoms with Gasteiger partial charge >= 0.3 is 0 Å². The van der Waals surface area contributed by atoms with Crippen molar-refractivity contribution in [1.29, 1.82) is 0 Å². The zero-order valence-electron chi connectivity index (χ0n) is 9.97. The van der Waals surface area contributed by atoms with E-state index in [0.29, 0.717) is 12.0 Å². The SMILES string of the molecule is C#CCCC(NCCC)c1cc(Br)ccc1F. The van der Waals surface area contributed by atoms with Gasteiger partial charge < -0.3 is 5.32 Å². The van der Waals surface area contributed by atoms with E-state index < -0.39 is 0 Å². The Morgan fingerprint density at radius 3 is 2.94 bits per heavy atom. The van der Waals surface area contributed by atoms with E-state index >= 15 is 0 Å². The van der Waals surface area contributed by atoms with E-state index in [0.717, 1.165) is 23.9 Å². The third-order valence-electron chi connectivity index (χ3n) is 2.55. The summed E-state index contributed by atoms with van der Waals surface area (Å²) in [6.07, 6.45) is 7.69. The Hall–Kier alpha value is -0.850. The third kappa shape index (κ3) is 4.49. The molecule has 0 aliphatic carbocycles. The molecular weight excluding hydrogens is 281 g/mol. The minimum absolute atomic E-state index is 0.0106. The fourth-order valence-corrected chi connectivity index (χ4v) is 2.07. The van der Waals surface area contributed by atoms with Crippen molar-refractivity contribution in [2.24, 2.45) is 0 Å².